The van der Waals surface area contributed by atoms with E-state index in [1.807, 2.05) is 13.0 Å². The third-order valence-electron chi connectivity index (χ3n) is 10.3. The lowest BCUT2D eigenvalue weighted by Crippen LogP contribution is -2.35. The molecule has 0 saturated carbocycles. The summed E-state index contributed by atoms with van der Waals surface area (Å²) in [7, 11) is 4.87. The Labute approximate surface area is 302 Å². The van der Waals surface area contributed by atoms with E-state index in [9.17, 15) is 9.90 Å². The molecule has 0 aliphatic carbocycles. The molecular weight excluding hydrogens is 644 g/mol. The van der Waals surface area contributed by atoms with Gasteiger partial charge >= 0.3 is 5.97 Å². The van der Waals surface area contributed by atoms with E-state index in [1.165, 1.54) is 44.9 Å². The summed E-state index contributed by atoms with van der Waals surface area (Å²) in [4.78, 5) is 12.1. The first-order valence-electron chi connectivity index (χ1n) is 19.6. The lowest BCUT2D eigenvalue weighted by atomic mass is 9.98. The number of hydrogen-bond donors (Lipinski definition) is 1. The molecule has 3 unspecified atom stereocenters. The second kappa shape index (κ2) is 25.8. The summed E-state index contributed by atoms with van der Waals surface area (Å²) in [6.45, 7) is 4.73. The van der Waals surface area contributed by atoms with Crippen molar-refractivity contribution in [1.82, 2.24) is 0 Å². The number of esters is 1. The highest BCUT2D eigenvalue weighted by atomic mass is 16.7. The van der Waals surface area contributed by atoms with Crippen LogP contribution in [0.4, 0.5) is 0 Å². The lowest BCUT2D eigenvalue weighted by Gasteiger charge is -2.28. The largest absolute Gasteiger partial charge is 0.455 e. The van der Waals surface area contributed by atoms with Crippen LogP contribution in [0.3, 0.4) is 0 Å². The summed E-state index contributed by atoms with van der Waals surface area (Å²) in [6.07, 6.45) is 19.8. The molecule has 3 aliphatic rings. The van der Waals surface area contributed by atoms with Gasteiger partial charge in [-0.2, -0.15) is 0 Å². The smallest absolute Gasteiger partial charge is 0.334 e. The molecule has 11 heteroatoms. The quantitative estimate of drug-likeness (QED) is 0.0464. The Balaban J connectivity index is 1.40. The van der Waals surface area contributed by atoms with Crippen LogP contribution in [-0.4, -0.2) is 108 Å². The van der Waals surface area contributed by atoms with E-state index in [-0.39, 0.29) is 75.2 Å². The molecule has 292 valence electrons. The lowest BCUT2D eigenvalue weighted by molar-refractivity contribution is -0.158. The Morgan fingerprint density at radius 1 is 0.700 bits per heavy atom. The Kier molecular flexibility index (Phi) is 22.3. The van der Waals surface area contributed by atoms with E-state index in [1.54, 1.807) is 21.3 Å². The second-order valence-electron chi connectivity index (χ2n) is 14.4. The fraction of sp³-hybridized carbons (Fsp3) is 0.923. The molecule has 11 nitrogen and oxygen atoms in total. The highest BCUT2D eigenvalue weighted by molar-refractivity contribution is 5.90. The average molecular weight is 715 g/mol. The second-order valence-corrected chi connectivity index (χ2v) is 14.4. The maximum absolute atomic E-state index is 12.1. The molecule has 1 N–H and O–H groups in total. The molecule has 3 rings (SSSR count). The van der Waals surface area contributed by atoms with Crippen LogP contribution >= 0.6 is 0 Å². The van der Waals surface area contributed by atoms with E-state index < -0.39 is 6.10 Å². The van der Waals surface area contributed by atoms with Crippen molar-refractivity contribution in [3.8, 4) is 0 Å². The predicted octanol–water partition coefficient (Wildman–Crippen LogP) is 7.15. The fourth-order valence-corrected chi connectivity index (χ4v) is 7.53. The van der Waals surface area contributed by atoms with Crippen molar-refractivity contribution in [2.75, 3.05) is 41.7 Å². The molecule has 50 heavy (non-hydrogen) atoms. The molecule has 0 aromatic heterocycles. The molecule has 0 amide bonds. The molecular formula is C39H70O11. The van der Waals surface area contributed by atoms with Crippen LogP contribution in [0.5, 0.6) is 0 Å². The van der Waals surface area contributed by atoms with Crippen molar-refractivity contribution in [3.05, 3.63) is 11.6 Å². The summed E-state index contributed by atoms with van der Waals surface area (Å²) < 4.78 is 52.1. The Morgan fingerprint density at radius 3 is 1.82 bits per heavy atom. The zero-order chi connectivity index (χ0) is 36.0. The summed E-state index contributed by atoms with van der Waals surface area (Å²) in [5, 5.41) is 10.9. The number of unbranched alkanes of at least 4 members (excludes halogenated alkanes) is 7. The van der Waals surface area contributed by atoms with Crippen molar-refractivity contribution in [1.29, 1.82) is 0 Å². The van der Waals surface area contributed by atoms with Crippen molar-refractivity contribution in [3.63, 3.8) is 0 Å². The zero-order valence-electron chi connectivity index (χ0n) is 31.9. The maximum atomic E-state index is 12.1. The zero-order valence-corrected chi connectivity index (χ0v) is 31.9. The van der Waals surface area contributed by atoms with Gasteiger partial charge in [-0.1, -0.05) is 58.3 Å². The number of hydrogen-bond acceptors (Lipinski definition) is 11. The minimum Gasteiger partial charge on any atom is -0.455 e. The molecule has 3 heterocycles. The highest BCUT2D eigenvalue weighted by Gasteiger charge is 2.42. The maximum Gasteiger partial charge on any atom is 0.334 e. The molecule has 2 fully saturated rings. The first kappa shape index (κ1) is 43.3. The van der Waals surface area contributed by atoms with Crippen molar-refractivity contribution >= 4 is 5.97 Å². The van der Waals surface area contributed by atoms with Gasteiger partial charge in [-0.3, -0.25) is 0 Å². The molecule has 9 atom stereocenters. The molecule has 0 spiro atoms. The van der Waals surface area contributed by atoms with Gasteiger partial charge in [-0.15, -0.1) is 0 Å². The van der Waals surface area contributed by atoms with E-state index in [0.717, 1.165) is 44.9 Å². The predicted molar refractivity (Wildman–Crippen MR) is 191 cm³/mol. The molecule has 0 bridgehead atoms. The first-order valence-corrected chi connectivity index (χ1v) is 19.6. The average Bonchev–Trinajstić information content (AvgIpc) is 3.86. The van der Waals surface area contributed by atoms with Gasteiger partial charge in [0.2, 0.25) is 0 Å². The van der Waals surface area contributed by atoms with Crippen LogP contribution < -0.4 is 0 Å². The Morgan fingerprint density at radius 2 is 1.26 bits per heavy atom. The number of aliphatic hydroxyl groups excluding tert-OH is 1. The monoisotopic (exact) mass is 714 g/mol. The van der Waals surface area contributed by atoms with Crippen LogP contribution in [0.15, 0.2) is 11.6 Å². The van der Waals surface area contributed by atoms with E-state index in [0.29, 0.717) is 37.7 Å². The third kappa shape index (κ3) is 16.3. The van der Waals surface area contributed by atoms with Gasteiger partial charge in [0.05, 0.1) is 48.8 Å². The van der Waals surface area contributed by atoms with Crippen LogP contribution in [0.1, 0.15) is 136 Å². The normalized spacial score (nSPS) is 26.2. The Bertz CT molecular complexity index is 916. The number of carbonyl (C=O) groups excluding carboxylic acids is 1. The number of methoxy groups -OCH3 is 3. The van der Waals surface area contributed by atoms with E-state index >= 15 is 0 Å². The van der Waals surface area contributed by atoms with E-state index in [2.05, 4.69) is 6.92 Å². The van der Waals surface area contributed by atoms with Gasteiger partial charge in [-0.25, -0.2) is 4.79 Å². The Hall–Kier alpha value is -1.15. The standard InChI is InChI=1S/C39H70O11/c1-6-7-8-9-10-11-12-13-17-33(46-27-43-4)35-20-22-37(49-35)38-23-21-36(50-38)34(47-28-44-5)19-18-31(40)15-14-16-32(45-26-42-3)25-30-24-29(2)48-39(30)41/h24,29,31-38,40H,6-23,25-28H2,1-5H3/t29-,31?,32?,33+,34?,35+,36+,37+,38+/m0/s1. The first-order chi connectivity index (χ1) is 24.4. The van der Waals surface area contributed by atoms with Gasteiger partial charge in [0, 0.05) is 33.3 Å². The van der Waals surface area contributed by atoms with Gasteiger partial charge in [0.15, 0.2) is 0 Å². The number of ether oxygens (including phenoxy) is 9. The molecule has 0 aromatic carbocycles. The van der Waals surface area contributed by atoms with Crippen molar-refractivity contribution in [2.24, 2.45) is 0 Å². The van der Waals surface area contributed by atoms with Gasteiger partial charge in [-0.05, 0) is 77.2 Å². The molecule has 2 saturated heterocycles. The van der Waals surface area contributed by atoms with Crippen LogP contribution in [0, 0.1) is 0 Å². The van der Waals surface area contributed by atoms with Gasteiger partial charge in [0.25, 0.3) is 0 Å². The van der Waals surface area contributed by atoms with Crippen LogP contribution in [-0.2, 0) is 47.4 Å². The van der Waals surface area contributed by atoms with Crippen molar-refractivity contribution < 1.29 is 52.5 Å². The third-order valence-corrected chi connectivity index (χ3v) is 10.3. The minimum atomic E-state index is -0.483. The molecule has 0 radical (unpaired) electrons. The van der Waals surface area contributed by atoms with Crippen molar-refractivity contribution in [2.45, 2.75) is 191 Å². The van der Waals surface area contributed by atoms with Gasteiger partial charge in [0.1, 0.15) is 26.5 Å². The molecule has 0 aromatic rings. The van der Waals surface area contributed by atoms with Gasteiger partial charge < -0.3 is 47.7 Å². The number of carbonyl (C=O) groups is 1. The summed E-state index contributed by atoms with van der Waals surface area (Å²) in [5.41, 5.74) is 0.642. The van der Waals surface area contributed by atoms with E-state index in [4.69, 9.17) is 42.6 Å². The minimum absolute atomic E-state index is 0.0223. The highest BCUT2D eigenvalue weighted by Crippen LogP contribution is 2.36. The summed E-state index contributed by atoms with van der Waals surface area (Å²) >= 11 is 0. The molecule has 3 aliphatic heterocycles. The van der Waals surface area contributed by atoms with Crippen LogP contribution in [0.25, 0.3) is 0 Å². The topological polar surface area (TPSA) is 120 Å². The summed E-state index contributed by atoms with van der Waals surface area (Å²) in [5.74, 6) is -0.282. The summed E-state index contributed by atoms with van der Waals surface area (Å²) in [6, 6.07) is 0. The number of aliphatic hydroxyl groups is 1. The number of rotatable bonds is 30. The SMILES string of the molecule is CCCCCCCCCC[C@@H](OCOC)[C@H]1CC[C@H]([C@H]2CC[C@H](C(CCC(O)CCCC(CC3=C[C@H](C)OC3=O)OCOC)OCOC)O2)O1. The fourth-order valence-electron chi connectivity index (χ4n) is 7.53. The number of cyclic esters (lactones) is 1. The van der Waals surface area contributed by atoms with Crippen LogP contribution in [0.2, 0.25) is 0 Å².